The molecule has 0 amide bonds. The molecule has 0 aliphatic carbocycles. The summed E-state index contributed by atoms with van der Waals surface area (Å²) in [5.74, 6) is -0.166. The highest BCUT2D eigenvalue weighted by atomic mass is 19.4. The Morgan fingerprint density at radius 3 is 1.62 bits per heavy atom. The maximum Gasteiger partial charge on any atom is 0.417 e. The van der Waals surface area contributed by atoms with Crippen LogP contribution in [-0.4, -0.2) is 0 Å². The minimum atomic E-state index is -4.74. The fourth-order valence-electron chi connectivity index (χ4n) is 2.52. The van der Waals surface area contributed by atoms with E-state index >= 15 is 0 Å². The monoisotopic (exact) mass is 346 g/mol. The third-order valence-corrected chi connectivity index (χ3v) is 3.79. The predicted molar refractivity (Wildman–Crippen MR) is 80.7 cm³/mol. The van der Waals surface area contributed by atoms with Gasteiger partial charge in [-0.05, 0) is 41.7 Å². The summed E-state index contributed by atoms with van der Waals surface area (Å²) in [5, 5.41) is 0. The van der Waals surface area contributed by atoms with Gasteiger partial charge in [-0.2, -0.15) is 26.3 Å². The Hall–Kier alpha value is -1.98. The topological polar surface area (TPSA) is 0 Å². The minimum absolute atomic E-state index is 0.166. The molecule has 130 valence electrons. The van der Waals surface area contributed by atoms with Gasteiger partial charge >= 0.3 is 12.4 Å². The van der Waals surface area contributed by atoms with Gasteiger partial charge in [-0.1, -0.05) is 43.7 Å². The van der Waals surface area contributed by atoms with E-state index in [1.165, 1.54) is 19.1 Å². The van der Waals surface area contributed by atoms with Gasteiger partial charge in [0.15, 0.2) is 0 Å². The van der Waals surface area contributed by atoms with Crippen LogP contribution in [0.15, 0.2) is 36.4 Å². The highest BCUT2D eigenvalue weighted by molar-refractivity contribution is 5.73. The zero-order valence-electron chi connectivity index (χ0n) is 13.3. The third-order valence-electron chi connectivity index (χ3n) is 3.79. The summed E-state index contributed by atoms with van der Waals surface area (Å²) in [6.45, 7) is 4.91. The highest BCUT2D eigenvalue weighted by Crippen LogP contribution is 2.43. The van der Waals surface area contributed by atoms with E-state index in [1.54, 1.807) is 13.8 Å². The van der Waals surface area contributed by atoms with Crippen molar-refractivity contribution in [1.29, 1.82) is 0 Å². The van der Waals surface area contributed by atoms with Gasteiger partial charge in [0.25, 0.3) is 0 Å². The van der Waals surface area contributed by atoms with Crippen LogP contribution in [0.5, 0.6) is 0 Å². The molecule has 0 radical (unpaired) electrons. The van der Waals surface area contributed by atoms with Crippen LogP contribution in [0, 0.1) is 6.92 Å². The number of alkyl halides is 6. The van der Waals surface area contributed by atoms with Gasteiger partial charge in [-0.25, -0.2) is 0 Å². The second-order valence-corrected chi connectivity index (χ2v) is 6.00. The first-order valence-electron chi connectivity index (χ1n) is 7.30. The molecule has 24 heavy (non-hydrogen) atoms. The van der Waals surface area contributed by atoms with Crippen LogP contribution >= 0.6 is 0 Å². The molecule has 0 spiro atoms. The average molecular weight is 346 g/mol. The molecule has 0 aromatic heterocycles. The summed E-state index contributed by atoms with van der Waals surface area (Å²) < 4.78 is 80.0. The first-order valence-corrected chi connectivity index (χ1v) is 7.30. The van der Waals surface area contributed by atoms with E-state index in [-0.39, 0.29) is 5.92 Å². The Morgan fingerprint density at radius 1 is 0.708 bits per heavy atom. The molecule has 2 rings (SSSR count). The number of aryl methyl sites for hydroxylation is 1. The largest absolute Gasteiger partial charge is 0.417 e. The van der Waals surface area contributed by atoms with E-state index in [4.69, 9.17) is 0 Å². The van der Waals surface area contributed by atoms with E-state index in [2.05, 4.69) is 0 Å². The molecule has 0 saturated heterocycles. The lowest BCUT2D eigenvalue weighted by molar-refractivity contribution is -0.139. The highest BCUT2D eigenvalue weighted by Gasteiger charge is 2.38. The van der Waals surface area contributed by atoms with Crippen molar-refractivity contribution < 1.29 is 26.3 Å². The standard InChI is InChI=1S/C18H16F6/c1-10(2)12-5-7-14(16(9-12)18(22,23)24)13-6-4-11(3)8-15(13)17(19,20)21/h4-10H,1-3H3. The quantitative estimate of drug-likeness (QED) is 0.523. The van der Waals surface area contributed by atoms with Crippen LogP contribution in [0.2, 0.25) is 0 Å². The molecule has 0 nitrogen and oxygen atoms in total. The lowest BCUT2D eigenvalue weighted by Crippen LogP contribution is -2.12. The molecule has 0 fully saturated rings. The van der Waals surface area contributed by atoms with Crippen LogP contribution in [0.4, 0.5) is 26.3 Å². The summed E-state index contributed by atoms with van der Waals surface area (Å²) in [6, 6.07) is 6.83. The lowest BCUT2D eigenvalue weighted by Gasteiger charge is -2.19. The smallest absolute Gasteiger partial charge is 0.166 e. The first kappa shape index (κ1) is 18.4. The Labute approximate surface area is 136 Å². The van der Waals surface area contributed by atoms with Gasteiger partial charge in [-0.3, -0.25) is 0 Å². The Bertz CT molecular complexity index is 738. The molecule has 0 aliphatic rings. The summed E-state index contributed by atoms with van der Waals surface area (Å²) in [7, 11) is 0. The minimum Gasteiger partial charge on any atom is -0.166 e. The van der Waals surface area contributed by atoms with Crippen LogP contribution in [0.3, 0.4) is 0 Å². The first-order chi connectivity index (χ1) is 10.9. The molecular weight excluding hydrogens is 330 g/mol. The molecular formula is C18H16F6. The number of halogens is 6. The van der Waals surface area contributed by atoms with Crippen molar-refractivity contribution in [2.75, 3.05) is 0 Å². The number of benzene rings is 2. The number of rotatable bonds is 2. The fourth-order valence-corrected chi connectivity index (χ4v) is 2.52. The molecule has 0 aliphatic heterocycles. The zero-order valence-corrected chi connectivity index (χ0v) is 13.3. The van der Waals surface area contributed by atoms with Gasteiger partial charge < -0.3 is 0 Å². The molecule has 0 heterocycles. The van der Waals surface area contributed by atoms with Crippen molar-refractivity contribution in [3.05, 3.63) is 58.7 Å². The molecule has 2 aromatic carbocycles. The lowest BCUT2D eigenvalue weighted by atomic mass is 9.90. The second kappa shape index (κ2) is 6.15. The summed E-state index contributed by atoms with van der Waals surface area (Å²) in [5.41, 5.74) is -2.28. The fraction of sp³-hybridized carbons (Fsp3) is 0.333. The third kappa shape index (κ3) is 3.74. The Balaban J connectivity index is 2.78. The van der Waals surface area contributed by atoms with Gasteiger partial charge in [-0.15, -0.1) is 0 Å². The maximum absolute atomic E-state index is 13.4. The van der Waals surface area contributed by atoms with Crippen molar-refractivity contribution in [3.8, 4) is 11.1 Å². The van der Waals surface area contributed by atoms with Gasteiger partial charge in [0.05, 0.1) is 11.1 Å². The van der Waals surface area contributed by atoms with E-state index in [0.29, 0.717) is 11.1 Å². The summed E-state index contributed by atoms with van der Waals surface area (Å²) in [4.78, 5) is 0. The Kier molecular flexibility index (Phi) is 4.70. The van der Waals surface area contributed by atoms with E-state index in [9.17, 15) is 26.3 Å². The van der Waals surface area contributed by atoms with E-state index < -0.39 is 34.6 Å². The van der Waals surface area contributed by atoms with E-state index in [1.807, 2.05) is 0 Å². The Morgan fingerprint density at radius 2 is 1.17 bits per heavy atom. The molecule has 6 heteroatoms. The molecule has 0 N–H and O–H groups in total. The average Bonchev–Trinajstić information content (AvgIpc) is 2.44. The molecule has 2 aromatic rings. The van der Waals surface area contributed by atoms with Gasteiger partial charge in [0.1, 0.15) is 0 Å². The van der Waals surface area contributed by atoms with Gasteiger partial charge in [0, 0.05) is 0 Å². The van der Waals surface area contributed by atoms with E-state index in [0.717, 1.165) is 24.3 Å². The zero-order chi connectivity index (χ0) is 18.3. The molecule has 0 bridgehead atoms. The second-order valence-electron chi connectivity index (χ2n) is 6.00. The van der Waals surface area contributed by atoms with Crippen molar-refractivity contribution in [2.45, 2.75) is 39.0 Å². The van der Waals surface area contributed by atoms with Gasteiger partial charge in [0.2, 0.25) is 0 Å². The van der Waals surface area contributed by atoms with Crippen molar-refractivity contribution in [1.82, 2.24) is 0 Å². The number of hydrogen-bond acceptors (Lipinski definition) is 0. The van der Waals surface area contributed by atoms with Crippen LogP contribution in [0.25, 0.3) is 11.1 Å². The maximum atomic E-state index is 13.4. The molecule has 0 saturated carbocycles. The number of hydrogen-bond donors (Lipinski definition) is 0. The van der Waals surface area contributed by atoms with Crippen molar-refractivity contribution in [2.24, 2.45) is 0 Å². The van der Waals surface area contributed by atoms with Crippen LogP contribution in [-0.2, 0) is 12.4 Å². The molecule has 0 unspecified atom stereocenters. The van der Waals surface area contributed by atoms with Crippen LogP contribution < -0.4 is 0 Å². The summed E-state index contributed by atoms with van der Waals surface area (Å²) in [6.07, 6.45) is -9.48. The van der Waals surface area contributed by atoms with Crippen molar-refractivity contribution in [3.63, 3.8) is 0 Å². The van der Waals surface area contributed by atoms with Crippen LogP contribution in [0.1, 0.15) is 42.0 Å². The normalized spacial score (nSPS) is 12.8. The SMILES string of the molecule is Cc1ccc(-c2ccc(C(C)C)cc2C(F)(F)F)c(C(F)(F)F)c1. The van der Waals surface area contributed by atoms with Crippen molar-refractivity contribution >= 4 is 0 Å². The summed E-state index contributed by atoms with van der Waals surface area (Å²) >= 11 is 0. The predicted octanol–water partition coefficient (Wildman–Crippen LogP) is 6.82. The molecule has 0 atom stereocenters.